The van der Waals surface area contributed by atoms with E-state index in [0.717, 1.165) is 6.42 Å². The van der Waals surface area contributed by atoms with Crippen LogP contribution in [-0.2, 0) is 0 Å². The maximum atomic E-state index is 12.2. The van der Waals surface area contributed by atoms with E-state index >= 15 is 0 Å². The van der Waals surface area contributed by atoms with Crippen molar-refractivity contribution in [3.05, 3.63) is 22.7 Å². The average Bonchev–Trinajstić information content (AvgIpc) is 2.30. The summed E-state index contributed by atoms with van der Waals surface area (Å²) in [5, 5.41) is 3.22. The van der Waals surface area contributed by atoms with Gasteiger partial charge in [0, 0.05) is 24.5 Å². The highest BCUT2D eigenvalue weighted by molar-refractivity contribution is 5.32. The van der Waals surface area contributed by atoms with Crippen LogP contribution in [-0.4, -0.2) is 22.1 Å². The molecule has 1 aromatic rings. The molecule has 0 spiro atoms. The molecule has 1 aromatic heterocycles. The zero-order valence-electron chi connectivity index (χ0n) is 11.7. The number of hydrogen-bond donors (Lipinski definition) is 2. The summed E-state index contributed by atoms with van der Waals surface area (Å²) >= 11 is 0. The summed E-state index contributed by atoms with van der Waals surface area (Å²) in [7, 11) is 0. The van der Waals surface area contributed by atoms with Crippen LogP contribution >= 0.6 is 0 Å². The molecule has 0 aliphatic rings. The van der Waals surface area contributed by atoms with Crippen molar-refractivity contribution < 1.29 is 0 Å². The quantitative estimate of drug-likeness (QED) is 0.806. The lowest BCUT2D eigenvalue weighted by molar-refractivity contribution is 0.494. The van der Waals surface area contributed by atoms with Crippen LogP contribution < -0.4 is 16.6 Å². The molecular weight excluding hydrogens is 228 g/mol. The van der Waals surface area contributed by atoms with Gasteiger partial charge in [-0.3, -0.25) is 4.79 Å². The largest absolute Gasteiger partial charge is 0.362 e. The molecule has 0 bridgehead atoms. The van der Waals surface area contributed by atoms with Crippen molar-refractivity contribution >= 4 is 5.82 Å². The first-order valence-electron chi connectivity index (χ1n) is 6.51. The smallest absolute Gasteiger partial charge is 0.293 e. The summed E-state index contributed by atoms with van der Waals surface area (Å²) in [6.45, 7) is 8.77. The van der Waals surface area contributed by atoms with Crippen molar-refractivity contribution in [3.8, 4) is 0 Å². The minimum Gasteiger partial charge on any atom is -0.362 e. The molecule has 0 saturated carbocycles. The molecule has 3 N–H and O–H groups in total. The Morgan fingerprint density at radius 3 is 2.56 bits per heavy atom. The highest BCUT2D eigenvalue weighted by Gasteiger charge is 2.15. The molecule has 5 nitrogen and oxygen atoms in total. The summed E-state index contributed by atoms with van der Waals surface area (Å²) in [5.74, 6) is 0.820. The normalized spacial score (nSPS) is 13.1. The van der Waals surface area contributed by atoms with E-state index in [0.29, 0.717) is 18.3 Å². The van der Waals surface area contributed by atoms with Crippen molar-refractivity contribution in [2.75, 3.05) is 11.9 Å². The van der Waals surface area contributed by atoms with Gasteiger partial charge in [-0.2, -0.15) is 0 Å². The Balaban J connectivity index is 2.96. The Morgan fingerprint density at radius 2 is 2.06 bits per heavy atom. The second-order valence-corrected chi connectivity index (χ2v) is 5.15. The predicted octanol–water partition coefficient (Wildman–Crippen LogP) is 1.61. The van der Waals surface area contributed by atoms with E-state index < -0.39 is 0 Å². The Kier molecular flexibility index (Phi) is 5.34. The van der Waals surface area contributed by atoms with Crippen molar-refractivity contribution in [3.63, 3.8) is 0 Å². The van der Waals surface area contributed by atoms with Gasteiger partial charge in [0.05, 0.1) is 0 Å². The van der Waals surface area contributed by atoms with Gasteiger partial charge in [0.15, 0.2) is 5.82 Å². The zero-order chi connectivity index (χ0) is 13.7. The molecule has 18 heavy (non-hydrogen) atoms. The molecule has 5 heteroatoms. The molecular formula is C13H24N4O. The molecule has 1 rings (SSSR count). The van der Waals surface area contributed by atoms with Gasteiger partial charge < -0.3 is 15.6 Å². The van der Waals surface area contributed by atoms with Gasteiger partial charge in [0.1, 0.15) is 0 Å². The second kappa shape index (κ2) is 6.54. The fourth-order valence-electron chi connectivity index (χ4n) is 1.86. The molecule has 0 aliphatic carbocycles. The highest BCUT2D eigenvalue weighted by atomic mass is 16.1. The third-order valence-electron chi connectivity index (χ3n) is 3.03. The molecule has 1 heterocycles. The molecule has 1 atom stereocenters. The van der Waals surface area contributed by atoms with E-state index in [1.54, 1.807) is 17.0 Å². The maximum absolute atomic E-state index is 12.2. The minimum atomic E-state index is -0.0739. The predicted molar refractivity (Wildman–Crippen MR) is 74.8 cm³/mol. The third kappa shape index (κ3) is 3.57. The van der Waals surface area contributed by atoms with Crippen molar-refractivity contribution in [1.29, 1.82) is 0 Å². The van der Waals surface area contributed by atoms with Crippen LogP contribution in [0.4, 0.5) is 5.82 Å². The van der Waals surface area contributed by atoms with Crippen LogP contribution in [0.2, 0.25) is 0 Å². The molecule has 102 valence electrons. The Morgan fingerprint density at radius 1 is 1.39 bits per heavy atom. The fourth-order valence-corrected chi connectivity index (χ4v) is 1.86. The molecule has 0 fully saturated rings. The lowest BCUT2D eigenvalue weighted by atomic mass is 10.0. The van der Waals surface area contributed by atoms with Gasteiger partial charge in [-0.1, -0.05) is 13.8 Å². The van der Waals surface area contributed by atoms with Crippen LogP contribution in [0, 0.1) is 5.92 Å². The third-order valence-corrected chi connectivity index (χ3v) is 3.03. The molecule has 1 unspecified atom stereocenters. The second-order valence-electron chi connectivity index (χ2n) is 5.15. The molecule has 0 radical (unpaired) electrons. The highest BCUT2D eigenvalue weighted by Crippen LogP contribution is 2.10. The first kappa shape index (κ1) is 14.7. The van der Waals surface area contributed by atoms with Gasteiger partial charge in [-0.25, -0.2) is 4.98 Å². The SMILES string of the molecule is CC(C)C(CCN)Nc1nccn(C(C)C)c1=O. The van der Waals surface area contributed by atoms with Crippen molar-refractivity contribution in [1.82, 2.24) is 9.55 Å². The van der Waals surface area contributed by atoms with E-state index in [2.05, 4.69) is 24.1 Å². The van der Waals surface area contributed by atoms with Crippen molar-refractivity contribution in [2.45, 2.75) is 46.2 Å². The maximum Gasteiger partial charge on any atom is 0.293 e. The Hall–Kier alpha value is -1.36. The van der Waals surface area contributed by atoms with E-state index in [9.17, 15) is 4.79 Å². The number of hydrogen-bond acceptors (Lipinski definition) is 4. The van der Waals surface area contributed by atoms with Crippen LogP contribution in [0.5, 0.6) is 0 Å². The average molecular weight is 252 g/mol. The van der Waals surface area contributed by atoms with Gasteiger partial charge in [-0.15, -0.1) is 0 Å². The number of nitrogens with two attached hydrogens (primary N) is 1. The summed E-state index contributed by atoms with van der Waals surface area (Å²) in [6.07, 6.45) is 4.20. The number of nitrogens with zero attached hydrogens (tertiary/aromatic N) is 2. The van der Waals surface area contributed by atoms with E-state index in [1.807, 2.05) is 13.8 Å². The number of anilines is 1. The van der Waals surface area contributed by atoms with E-state index in [4.69, 9.17) is 5.73 Å². The first-order chi connectivity index (χ1) is 8.47. The van der Waals surface area contributed by atoms with Gasteiger partial charge >= 0.3 is 0 Å². The fraction of sp³-hybridized carbons (Fsp3) is 0.692. The van der Waals surface area contributed by atoms with Crippen LogP contribution in [0.3, 0.4) is 0 Å². The summed E-state index contributed by atoms with van der Waals surface area (Å²) in [5.41, 5.74) is 5.52. The molecule has 0 aromatic carbocycles. The monoisotopic (exact) mass is 252 g/mol. The van der Waals surface area contributed by atoms with Crippen LogP contribution in [0.15, 0.2) is 17.2 Å². The Bertz CT molecular complexity index is 425. The number of aromatic nitrogens is 2. The van der Waals surface area contributed by atoms with Crippen LogP contribution in [0.25, 0.3) is 0 Å². The molecule has 0 aliphatic heterocycles. The standard InChI is InChI=1S/C13H24N4O/c1-9(2)11(5-6-14)16-12-13(18)17(10(3)4)8-7-15-12/h7-11H,5-6,14H2,1-4H3,(H,15,16). The summed E-state index contributed by atoms with van der Waals surface area (Å²) < 4.78 is 1.68. The molecule has 0 saturated heterocycles. The van der Waals surface area contributed by atoms with Crippen LogP contribution in [0.1, 0.15) is 40.2 Å². The van der Waals surface area contributed by atoms with E-state index in [-0.39, 0.29) is 17.6 Å². The van der Waals surface area contributed by atoms with Gasteiger partial charge in [0.2, 0.25) is 0 Å². The number of rotatable bonds is 6. The lowest BCUT2D eigenvalue weighted by Crippen LogP contribution is -2.34. The summed E-state index contributed by atoms with van der Waals surface area (Å²) in [4.78, 5) is 16.3. The number of nitrogens with one attached hydrogen (secondary N) is 1. The van der Waals surface area contributed by atoms with Gasteiger partial charge in [0.25, 0.3) is 5.56 Å². The topological polar surface area (TPSA) is 72.9 Å². The summed E-state index contributed by atoms with van der Waals surface area (Å²) in [6, 6.07) is 0.311. The zero-order valence-corrected chi connectivity index (χ0v) is 11.7. The van der Waals surface area contributed by atoms with E-state index in [1.165, 1.54) is 0 Å². The lowest BCUT2D eigenvalue weighted by Gasteiger charge is -2.22. The first-order valence-corrected chi connectivity index (χ1v) is 6.51. The molecule has 0 amide bonds. The van der Waals surface area contributed by atoms with Gasteiger partial charge in [-0.05, 0) is 32.7 Å². The van der Waals surface area contributed by atoms with Crippen molar-refractivity contribution in [2.24, 2.45) is 11.7 Å². The minimum absolute atomic E-state index is 0.0739. The Labute approximate surface area is 108 Å².